The summed E-state index contributed by atoms with van der Waals surface area (Å²) in [5, 5.41) is 3.96. The number of allylic oxidation sites excluding steroid dienone is 1. The van der Waals surface area contributed by atoms with E-state index in [-0.39, 0.29) is 5.91 Å². The van der Waals surface area contributed by atoms with Gasteiger partial charge in [-0.25, -0.2) is 0 Å². The Labute approximate surface area is 190 Å². The van der Waals surface area contributed by atoms with Crippen LogP contribution in [0.1, 0.15) is 50.7 Å². The summed E-state index contributed by atoms with van der Waals surface area (Å²) in [7, 11) is 3.30. The molecule has 0 aliphatic rings. The molecule has 1 amide bonds. The van der Waals surface area contributed by atoms with Gasteiger partial charge in [-0.1, -0.05) is 38.3 Å². The van der Waals surface area contributed by atoms with E-state index < -0.39 is 0 Å². The van der Waals surface area contributed by atoms with Crippen molar-refractivity contribution in [2.75, 3.05) is 20.8 Å². The van der Waals surface area contributed by atoms with Gasteiger partial charge in [-0.3, -0.25) is 4.79 Å². The lowest BCUT2D eigenvalue weighted by atomic mass is 9.96. The Bertz CT molecular complexity index is 1110. The number of hydrogen-bond donors (Lipinski definition) is 1. The fourth-order valence-electron chi connectivity index (χ4n) is 3.97. The van der Waals surface area contributed by atoms with Crippen molar-refractivity contribution >= 4 is 22.4 Å². The minimum atomic E-state index is -0.0842. The summed E-state index contributed by atoms with van der Waals surface area (Å²) < 4.78 is 17.0. The Morgan fingerprint density at radius 1 is 1.12 bits per heavy atom. The molecule has 3 aromatic rings. The van der Waals surface area contributed by atoms with Gasteiger partial charge in [0.05, 0.1) is 20.5 Å². The van der Waals surface area contributed by atoms with Crippen molar-refractivity contribution in [2.24, 2.45) is 0 Å². The molecule has 5 nitrogen and oxygen atoms in total. The lowest BCUT2D eigenvalue weighted by Gasteiger charge is -2.13. The summed E-state index contributed by atoms with van der Waals surface area (Å²) in [6.07, 6.45) is 7.92. The maximum Gasteiger partial charge on any atom is 0.244 e. The number of methoxy groups -OCH3 is 2. The maximum absolute atomic E-state index is 12.5. The van der Waals surface area contributed by atoms with Gasteiger partial charge in [0.15, 0.2) is 0 Å². The molecule has 0 fully saturated rings. The number of furan rings is 1. The topological polar surface area (TPSA) is 60.7 Å². The molecule has 0 atom stereocenters. The number of ether oxygens (including phenoxy) is 2. The molecule has 32 heavy (non-hydrogen) atoms. The van der Waals surface area contributed by atoms with Gasteiger partial charge in [-0.2, -0.15) is 0 Å². The number of nitrogens with one attached hydrogen (secondary N) is 1. The maximum atomic E-state index is 12.5. The number of aryl methyl sites for hydroxylation is 1. The van der Waals surface area contributed by atoms with Crippen molar-refractivity contribution in [3.05, 3.63) is 53.8 Å². The van der Waals surface area contributed by atoms with Crippen LogP contribution in [-0.4, -0.2) is 26.7 Å². The van der Waals surface area contributed by atoms with E-state index in [1.165, 1.54) is 12.8 Å². The first-order valence-electron chi connectivity index (χ1n) is 11.2. The first-order valence-corrected chi connectivity index (χ1v) is 11.2. The van der Waals surface area contributed by atoms with Crippen LogP contribution in [0.4, 0.5) is 0 Å². The second kappa shape index (κ2) is 10.9. The SMILES string of the molecule is CCCCCCNC(=O)/C=C(\C)c1cc2c(-c3cccc(OC)c3)coc2c(C)c1OC. The molecule has 0 radical (unpaired) electrons. The summed E-state index contributed by atoms with van der Waals surface area (Å²) in [6.45, 7) is 6.78. The van der Waals surface area contributed by atoms with Crippen molar-refractivity contribution in [2.45, 2.75) is 46.5 Å². The van der Waals surface area contributed by atoms with Crippen LogP contribution in [0.3, 0.4) is 0 Å². The highest BCUT2D eigenvalue weighted by molar-refractivity contribution is 6.01. The van der Waals surface area contributed by atoms with E-state index in [0.29, 0.717) is 12.3 Å². The number of rotatable bonds is 10. The molecule has 0 spiro atoms. The van der Waals surface area contributed by atoms with Crippen LogP contribution in [0.25, 0.3) is 27.7 Å². The van der Waals surface area contributed by atoms with Gasteiger partial charge in [0, 0.05) is 34.7 Å². The highest BCUT2D eigenvalue weighted by atomic mass is 16.5. The molecule has 1 N–H and O–H groups in total. The quantitative estimate of drug-likeness (QED) is 0.291. The number of hydrogen-bond acceptors (Lipinski definition) is 4. The molecule has 3 rings (SSSR count). The van der Waals surface area contributed by atoms with Crippen LogP contribution in [0.5, 0.6) is 11.5 Å². The third-order valence-corrected chi connectivity index (χ3v) is 5.73. The van der Waals surface area contributed by atoms with Crippen molar-refractivity contribution in [1.82, 2.24) is 5.32 Å². The molecule has 0 unspecified atom stereocenters. The van der Waals surface area contributed by atoms with Gasteiger partial charge < -0.3 is 19.2 Å². The minimum Gasteiger partial charge on any atom is -0.497 e. The smallest absolute Gasteiger partial charge is 0.244 e. The van der Waals surface area contributed by atoms with Crippen molar-refractivity contribution < 1.29 is 18.7 Å². The monoisotopic (exact) mass is 435 g/mol. The summed E-state index contributed by atoms with van der Waals surface area (Å²) in [5.41, 5.74) is 5.38. The van der Waals surface area contributed by atoms with E-state index in [2.05, 4.69) is 12.2 Å². The van der Waals surface area contributed by atoms with E-state index in [4.69, 9.17) is 13.9 Å². The van der Waals surface area contributed by atoms with Gasteiger partial charge in [-0.05, 0) is 49.6 Å². The number of unbranched alkanes of at least 4 members (excludes halogenated alkanes) is 3. The summed E-state index contributed by atoms with van der Waals surface area (Å²) >= 11 is 0. The highest BCUT2D eigenvalue weighted by Crippen LogP contribution is 2.41. The van der Waals surface area contributed by atoms with E-state index in [1.54, 1.807) is 26.6 Å². The van der Waals surface area contributed by atoms with Crippen LogP contribution >= 0.6 is 0 Å². The molecule has 5 heteroatoms. The van der Waals surface area contributed by atoms with E-state index in [1.807, 2.05) is 44.2 Å². The van der Waals surface area contributed by atoms with Gasteiger partial charge >= 0.3 is 0 Å². The van der Waals surface area contributed by atoms with Gasteiger partial charge in [-0.15, -0.1) is 0 Å². The standard InChI is InChI=1S/C27H33NO4/c1-6-7-8-9-13-28-25(29)14-18(2)22-16-23-24(20-11-10-12-21(15-20)30-4)17-32-27(23)19(3)26(22)31-5/h10-12,14-17H,6-9,13H2,1-5H3,(H,28,29)/b18-14+. The zero-order valence-electron chi connectivity index (χ0n) is 19.7. The molecular formula is C27H33NO4. The predicted molar refractivity (Wildman–Crippen MR) is 130 cm³/mol. The molecule has 1 aromatic heterocycles. The second-order valence-corrected chi connectivity index (χ2v) is 8.02. The molecule has 2 aromatic carbocycles. The minimum absolute atomic E-state index is 0.0842. The zero-order chi connectivity index (χ0) is 23.1. The van der Waals surface area contributed by atoms with Crippen LogP contribution < -0.4 is 14.8 Å². The predicted octanol–water partition coefficient (Wildman–Crippen LogP) is 6.53. The number of amides is 1. The number of benzene rings is 2. The largest absolute Gasteiger partial charge is 0.497 e. The summed E-state index contributed by atoms with van der Waals surface area (Å²) in [4.78, 5) is 12.5. The van der Waals surface area contributed by atoms with Crippen LogP contribution in [0.2, 0.25) is 0 Å². The van der Waals surface area contributed by atoms with E-state index in [9.17, 15) is 4.79 Å². The van der Waals surface area contributed by atoms with Gasteiger partial charge in [0.2, 0.25) is 5.91 Å². The lowest BCUT2D eigenvalue weighted by Crippen LogP contribution is -2.22. The van der Waals surface area contributed by atoms with E-state index in [0.717, 1.165) is 57.4 Å². The molecule has 0 aliphatic carbocycles. The third-order valence-electron chi connectivity index (χ3n) is 5.73. The van der Waals surface area contributed by atoms with Crippen molar-refractivity contribution in [3.8, 4) is 22.6 Å². The fourth-order valence-corrected chi connectivity index (χ4v) is 3.97. The second-order valence-electron chi connectivity index (χ2n) is 8.02. The number of fused-ring (bicyclic) bond motifs is 1. The van der Waals surface area contributed by atoms with Crippen LogP contribution in [0.15, 0.2) is 47.1 Å². The number of carbonyl (C=O) groups is 1. The highest BCUT2D eigenvalue weighted by Gasteiger charge is 2.19. The normalized spacial score (nSPS) is 11.6. The molecule has 0 saturated carbocycles. The van der Waals surface area contributed by atoms with Crippen molar-refractivity contribution in [3.63, 3.8) is 0 Å². The van der Waals surface area contributed by atoms with E-state index >= 15 is 0 Å². The van der Waals surface area contributed by atoms with Gasteiger partial charge in [0.1, 0.15) is 17.1 Å². The van der Waals surface area contributed by atoms with Crippen LogP contribution in [-0.2, 0) is 4.79 Å². The zero-order valence-corrected chi connectivity index (χ0v) is 19.7. The van der Waals surface area contributed by atoms with Gasteiger partial charge in [0.25, 0.3) is 0 Å². The van der Waals surface area contributed by atoms with Crippen LogP contribution in [0, 0.1) is 6.92 Å². The molecule has 0 saturated heterocycles. The molecule has 0 aliphatic heterocycles. The fraction of sp³-hybridized carbons (Fsp3) is 0.370. The summed E-state index contributed by atoms with van der Waals surface area (Å²) in [6, 6.07) is 9.93. The number of carbonyl (C=O) groups excluding carboxylic acids is 1. The molecular weight excluding hydrogens is 402 g/mol. The van der Waals surface area contributed by atoms with Crippen molar-refractivity contribution in [1.29, 1.82) is 0 Å². The average molecular weight is 436 g/mol. The Morgan fingerprint density at radius 3 is 2.66 bits per heavy atom. The summed E-state index contributed by atoms with van der Waals surface area (Å²) in [5.74, 6) is 1.42. The Hall–Kier alpha value is -3.21. The Kier molecular flexibility index (Phi) is 7.98. The molecule has 0 bridgehead atoms. The first kappa shape index (κ1) is 23.5. The first-order chi connectivity index (χ1) is 15.5. The molecule has 170 valence electrons. The third kappa shape index (κ3) is 5.16. The Morgan fingerprint density at radius 2 is 1.94 bits per heavy atom. The lowest BCUT2D eigenvalue weighted by molar-refractivity contribution is -0.116. The average Bonchev–Trinajstić information content (AvgIpc) is 3.23. The Balaban J connectivity index is 1.96. The molecule has 1 heterocycles.